The summed E-state index contributed by atoms with van der Waals surface area (Å²) in [4.78, 5) is 13.2. The lowest BCUT2D eigenvalue weighted by molar-refractivity contribution is -0.116. The largest absolute Gasteiger partial charge is 0.305 e. The van der Waals surface area contributed by atoms with Crippen LogP contribution in [0.1, 0.15) is 33.1 Å². The molecule has 0 radical (unpaired) electrons. The first kappa shape index (κ1) is 10.7. The molecule has 0 aromatic rings. The van der Waals surface area contributed by atoms with Gasteiger partial charge in [-0.25, -0.2) is 0 Å². The number of carbonyl (C=O) groups is 1. The van der Waals surface area contributed by atoms with Gasteiger partial charge < -0.3 is 9.69 Å². The molecule has 1 aliphatic carbocycles. The van der Waals surface area contributed by atoms with Crippen molar-refractivity contribution in [2.24, 2.45) is 11.3 Å². The van der Waals surface area contributed by atoms with E-state index in [0.29, 0.717) is 0 Å². The summed E-state index contributed by atoms with van der Waals surface area (Å²) < 4.78 is 0. The van der Waals surface area contributed by atoms with Crippen molar-refractivity contribution in [2.45, 2.75) is 33.1 Å². The molecule has 2 nitrogen and oxygen atoms in total. The van der Waals surface area contributed by atoms with Gasteiger partial charge in [-0.1, -0.05) is 13.8 Å². The minimum atomic E-state index is -0.135. The molecule has 0 bridgehead atoms. The van der Waals surface area contributed by atoms with E-state index in [-0.39, 0.29) is 5.41 Å². The number of aldehydes is 1. The average molecular weight is 183 g/mol. The predicted octanol–water partition coefficient (Wildman–Crippen LogP) is 1.94. The molecule has 1 aliphatic rings. The summed E-state index contributed by atoms with van der Waals surface area (Å²) in [6, 6.07) is 0. The van der Waals surface area contributed by atoms with Crippen molar-refractivity contribution in [1.29, 1.82) is 0 Å². The van der Waals surface area contributed by atoms with Crippen LogP contribution in [0.25, 0.3) is 0 Å². The van der Waals surface area contributed by atoms with Gasteiger partial charge in [-0.3, -0.25) is 0 Å². The Bertz CT molecular complexity index is 177. The van der Waals surface area contributed by atoms with Crippen LogP contribution in [-0.2, 0) is 4.79 Å². The molecule has 1 unspecified atom stereocenters. The molecule has 0 spiro atoms. The molecule has 2 heteroatoms. The van der Waals surface area contributed by atoms with E-state index in [2.05, 4.69) is 18.9 Å². The first-order valence-electron chi connectivity index (χ1n) is 5.24. The van der Waals surface area contributed by atoms with E-state index in [1.807, 2.05) is 6.92 Å². The fourth-order valence-electron chi connectivity index (χ4n) is 1.65. The fourth-order valence-corrected chi connectivity index (χ4v) is 1.65. The van der Waals surface area contributed by atoms with Crippen LogP contribution in [0.5, 0.6) is 0 Å². The highest BCUT2D eigenvalue weighted by atomic mass is 16.1. The second kappa shape index (κ2) is 4.23. The first-order chi connectivity index (χ1) is 6.09. The van der Waals surface area contributed by atoms with Gasteiger partial charge in [-0.2, -0.15) is 0 Å². The Hall–Kier alpha value is -0.370. The fraction of sp³-hybridized carbons (Fsp3) is 0.909. The van der Waals surface area contributed by atoms with Gasteiger partial charge in [0.05, 0.1) is 0 Å². The Balaban J connectivity index is 2.30. The van der Waals surface area contributed by atoms with Crippen molar-refractivity contribution >= 4 is 6.29 Å². The number of hydrogen-bond acceptors (Lipinski definition) is 2. The summed E-state index contributed by atoms with van der Waals surface area (Å²) in [7, 11) is 2.12. The minimum absolute atomic E-state index is 0.135. The molecule has 13 heavy (non-hydrogen) atoms. The second-order valence-corrected chi connectivity index (χ2v) is 4.77. The molecule has 0 N–H and O–H groups in total. The maximum Gasteiger partial charge on any atom is 0.127 e. The first-order valence-corrected chi connectivity index (χ1v) is 5.24. The predicted molar refractivity (Wildman–Crippen MR) is 54.7 cm³/mol. The number of rotatable bonds is 6. The van der Waals surface area contributed by atoms with Crippen molar-refractivity contribution < 1.29 is 4.79 Å². The van der Waals surface area contributed by atoms with E-state index in [4.69, 9.17) is 0 Å². The summed E-state index contributed by atoms with van der Waals surface area (Å²) in [5.41, 5.74) is -0.135. The monoisotopic (exact) mass is 183 g/mol. The van der Waals surface area contributed by atoms with Gasteiger partial charge in [0.25, 0.3) is 0 Å². The van der Waals surface area contributed by atoms with Gasteiger partial charge in [-0.05, 0) is 32.2 Å². The van der Waals surface area contributed by atoms with Crippen molar-refractivity contribution in [3.8, 4) is 0 Å². The highest BCUT2D eigenvalue weighted by Crippen LogP contribution is 2.30. The van der Waals surface area contributed by atoms with E-state index in [9.17, 15) is 4.79 Å². The second-order valence-electron chi connectivity index (χ2n) is 4.77. The van der Waals surface area contributed by atoms with E-state index in [1.165, 1.54) is 19.4 Å². The highest BCUT2D eigenvalue weighted by Gasteiger charge is 2.27. The van der Waals surface area contributed by atoms with Crippen LogP contribution < -0.4 is 0 Å². The zero-order chi connectivity index (χ0) is 9.90. The van der Waals surface area contributed by atoms with Crippen molar-refractivity contribution in [3.63, 3.8) is 0 Å². The standard InChI is InChI=1S/C11H21NO/c1-4-11(2,9-13)8-12(3)7-10-5-6-10/h9-10H,4-8H2,1-3H3. The van der Waals surface area contributed by atoms with E-state index >= 15 is 0 Å². The Kier molecular flexibility index (Phi) is 3.48. The maximum atomic E-state index is 10.9. The molecule has 0 saturated heterocycles. The molecular formula is C11H21NO. The molecular weight excluding hydrogens is 162 g/mol. The third-order valence-electron chi connectivity index (χ3n) is 2.99. The van der Waals surface area contributed by atoms with Crippen LogP contribution in [0.4, 0.5) is 0 Å². The summed E-state index contributed by atoms with van der Waals surface area (Å²) in [6.07, 6.45) is 4.81. The number of nitrogens with zero attached hydrogens (tertiary/aromatic N) is 1. The summed E-state index contributed by atoms with van der Waals surface area (Å²) in [5, 5.41) is 0. The summed E-state index contributed by atoms with van der Waals surface area (Å²) in [5.74, 6) is 0.915. The van der Waals surface area contributed by atoms with Gasteiger partial charge in [0.2, 0.25) is 0 Å². The molecule has 0 aliphatic heterocycles. The molecule has 1 rings (SSSR count). The SMILES string of the molecule is CCC(C)(C=O)CN(C)CC1CC1. The van der Waals surface area contributed by atoms with Crippen LogP contribution in [0.2, 0.25) is 0 Å². The number of carbonyl (C=O) groups excluding carboxylic acids is 1. The molecule has 0 aromatic carbocycles. The van der Waals surface area contributed by atoms with Gasteiger partial charge in [-0.15, -0.1) is 0 Å². The molecule has 1 fully saturated rings. The van der Waals surface area contributed by atoms with Gasteiger partial charge in [0.1, 0.15) is 6.29 Å². The summed E-state index contributed by atoms with van der Waals surface area (Å²) >= 11 is 0. The minimum Gasteiger partial charge on any atom is -0.305 e. The van der Waals surface area contributed by atoms with E-state index in [0.717, 1.165) is 25.2 Å². The smallest absolute Gasteiger partial charge is 0.127 e. The number of hydrogen-bond donors (Lipinski definition) is 0. The lowest BCUT2D eigenvalue weighted by Gasteiger charge is -2.27. The quantitative estimate of drug-likeness (QED) is 0.587. The Labute approximate surface area is 81.3 Å². The Morgan fingerprint density at radius 3 is 2.54 bits per heavy atom. The van der Waals surface area contributed by atoms with Crippen LogP contribution >= 0.6 is 0 Å². The normalized spacial score (nSPS) is 21.5. The van der Waals surface area contributed by atoms with Gasteiger partial charge >= 0.3 is 0 Å². The average Bonchev–Trinajstić information content (AvgIpc) is 2.88. The lowest BCUT2D eigenvalue weighted by atomic mass is 9.89. The topological polar surface area (TPSA) is 20.3 Å². The molecule has 1 atom stereocenters. The maximum absolute atomic E-state index is 10.9. The van der Waals surface area contributed by atoms with E-state index in [1.54, 1.807) is 0 Å². The molecule has 1 saturated carbocycles. The highest BCUT2D eigenvalue weighted by molar-refractivity contribution is 5.58. The van der Waals surface area contributed by atoms with Crippen LogP contribution in [-0.4, -0.2) is 31.3 Å². The van der Waals surface area contributed by atoms with Crippen LogP contribution in [0, 0.1) is 11.3 Å². The Morgan fingerprint density at radius 2 is 2.15 bits per heavy atom. The molecule has 76 valence electrons. The zero-order valence-electron chi connectivity index (χ0n) is 9.05. The van der Waals surface area contributed by atoms with Gasteiger partial charge in [0.15, 0.2) is 0 Å². The lowest BCUT2D eigenvalue weighted by Crippen LogP contribution is -2.35. The van der Waals surface area contributed by atoms with Crippen molar-refractivity contribution in [1.82, 2.24) is 4.90 Å². The third kappa shape index (κ3) is 3.47. The van der Waals surface area contributed by atoms with Crippen molar-refractivity contribution in [2.75, 3.05) is 20.1 Å². The van der Waals surface area contributed by atoms with Crippen LogP contribution in [0.15, 0.2) is 0 Å². The van der Waals surface area contributed by atoms with Crippen LogP contribution in [0.3, 0.4) is 0 Å². The molecule has 0 aromatic heterocycles. The van der Waals surface area contributed by atoms with Gasteiger partial charge in [0, 0.05) is 18.5 Å². The third-order valence-corrected chi connectivity index (χ3v) is 2.99. The molecule has 0 heterocycles. The van der Waals surface area contributed by atoms with E-state index < -0.39 is 0 Å². The van der Waals surface area contributed by atoms with Crippen molar-refractivity contribution in [3.05, 3.63) is 0 Å². The zero-order valence-corrected chi connectivity index (χ0v) is 9.05. The molecule has 0 amide bonds. The summed E-state index contributed by atoms with van der Waals surface area (Å²) in [6.45, 7) is 6.20. The Morgan fingerprint density at radius 1 is 1.54 bits per heavy atom.